The van der Waals surface area contributed by atoms with Gasteiger partial charge in [-0.2, -0.15) is 0 Å². The quantitative estimate of drug-likeness (QED) is 0.625. The number of hydrogen-bond acceptors (Lipinski definition) is 1. The van der Waals surface area contributed by atoms with E-state index in [9.17, 15) is 0 Å². The van der Waals surface area contributed by atoms with E-state index in [1.807, 2.05) is 0 Å². The van der Waals surface area contributed by atoms with Gasteiger partial charge in [0, 0.05) is 0 Å². The molecule has 0 rings (SSSR count). The van der Waals surface area contributed by atoms with E-state index < -0.39 is 0 Å². The van der Waals surface area contributed by atoms with Crippen LogP contribution < -0.4 is 5.73 Å². The van der Waals surface area contributed by atoms with Crippen molar-refractivity contribution in [3.8, 4) is 0 Å². The smallest absolute Gasteiger partial charge is 0.00463 e. The van der Waals surface area contributed by atoms with Gasteiger partial charge in [-0.1, -0.05) is 46.5 Å². The highest BCUT2D eigenvalue weighted by Gasteiger charge is 2.13. The lowest BCUT2D eigenvalue weighted by molar-refractivity contribution is 0.316. The molecule has 0 heterocycles. The highest BCUT2D eigenvalue weighted by Crippen LogP contribution is 2.21. The van der Waals surface area contributed by atoms with E-state index in [4.69, 9.17) is 5.73 Å². The third kappa shape index (κ3) is 4.76. The van der Waals surface area contributed by atoms with Crippen LogP contribution in [0.15, 0.2) is 0 Å². The third-order valence-electron chi connectivity index (χ3n) is 2.78. The molecule has 0 aromatic carbocycles. The van der Waals surface area contributed by atoms with Gasteiger partial charge in [0.15, 0.2) is 0 Å². The summed E-state index contributed by atoms with van der Waals surface area (Å²) in [6.07, 6.45) is 6.61. The van der Waals surface area contributed by atoms with Crippen molar-refractivity contribution >= 4 is 0 Å². The summed E-state index contributed by atoms with van der Waals surface area (Å²) in [4.78, 5) is 0. The first-order valence-electron chi connectivity index (χ1n) is 5.46. The molecule has 1 nitrogen and oxygen atoms in total. The van der Waals surface area contributed by atoms with Crippen LogP contribution in [0.5, 0.6) is 0 Å². The van der Waals surface area contributed by atoms with Crippen LogP contribution in [0.2, 0.25) is 0 Å². The Hall–Kier alpha value is -0.0400. The predicted molar refractivity (Wildman–Crippen MR) is 56.1 cm³/mol. The van der Waals surface area contributed by atoms with Gasteiger partial charge in [-0.15, -0.1) is 0 Å². The van der Waals surface area contributed by atoms with Crippen LogP contribution in [-0.2, 0) is 0 Å². The third-order valence-corrected chi connectivity index (χ3v) is 2.78. The van der Waals surface area contributed by atoms with Gasteiger partial charge in [0.05, 0.1) is 0 Å². The number of rotatable bonds is 7. The van der Waals surface area contributed by atoms with E-state index in [0.717, 1.165) is 18.4 Å². The van der Waals surface area contributed by atoms with Gasteiger partial charge in [0.25, 0.3) is 0 Å². The molecule has 0 aromatic heterocycles. The van der Waals surface area contributed by atoms with Gasteiger partial charge >= 0.3 is 0 Å². The highest BCUT2D eigenvalue weighted by atomic mass is 14.6. The molecule has 74 valence electrons. The number of unbranched alkanes of at least 4 members (excludes halogenated alkanes) is 1. The molecule has 0 aliphatic rings. The molecule has 2 atom stereocenters. The summed E-state index contributed by atoms with van der Waals surface area (Å²) >= 11 is 0. The zero-order valence-corrected chi connectivity index (χ0v) is 8.97. The van der Waals surface area contributed by atoms with Crippen LogP contribution in [0.25, 0.3) is 0 Å². The molecule has 12 heavy (non-hydrogen) atoms. The Kier molecular flexibility index (Phi) is 7.58. The molecule has 1 heteroatoms. The molecule has 0 saturated heterocycles. The van der Waals surface area contributed by atoms with E-state index in [2.05, 4.69) is 20.8 Å². The Labute approximate surface area is 77.7 Å². The predicted octanol–water partition coefficient (Wildman–Crippen LogP) is 3.19. The van der Waals surface area contributed by atoms with E-state index in [-0.39, 0.29) is 0 Å². The molecule has 0 saturated carbocycles. The maximum atomic E-state index is 5.74. The summed E-state index contributed by atoms with van der Waals surface area (Å²) in [5.74, 6) is 1.59. The second-order valence-electron chi connectivity index (χ2n) is 3.90. The SMILES string of the molecule is CCCCC(CN)C(C)CCC. The molecule has 0 aliphatic heterocycles. The van der Waals surface area contributed by atoms with E-state index in [1.54, 1.807) is 0 Å². The van der Waals surface area contributed by atoms with Gasteiger partial charge in [0.2, 0.25) is 0 Å². The van der Waals surface area contributed by atoms with E-state index in [0.29, 0.717) is 0 Å². The maximum absolute atomic E-state index is 5.74. The molecule has 0 radical (unpaired) electrons. The fraction of sp³-hybridized carbons (Fsp3) is 1.00. The van der Waals surface area contributed by atoms with Crippen LogP contribution in [0.3, 0.4) is 0 Å². The normalized spacial score (nSPS) is 16.0. The van der Waals surface area contributed by atoms with Gasteiger partial charge in [0.1, 0.15) is 0 Å². The molecule has 0 spiro atoms. The Morgan fingerprint density at radius 2 is 1.75 bits per heavy atom. The van der Waals surface area contributed by atoms with Crippen molar-refractivity contribution in [2.24, 2.45) is 17.6 Å². The number of hydrogen-bond donors (Lipinski definition) is 1. The van der Waals surface area contributed by atoms with E-state index in [1.165, 1.54) is 32.1 Å². The van der Waals surface area contributed by atoms with Gasteiger partial charge in [-0.05, 0) is 24.8 Å². The molecular weight excluding hydrogens is 146 g/mol. The Balaban J connectivity index is 3.62. The van der Waals surface area contributed by atoms with Crippen LogP contribution >= 0.6 is 0 Å². The first-order valence-corrected chi connectivity index (χ1v) is 5.46. The van der Waals surface area contributed by atoms with Crippen molar-refractivity contribution in [1.29, 1.82) is 0 Å². The largest absolute Gasteiger partial charge is 0.330 e. The van der Waals surface area contributed by atoms with Gasteiger partial charge in [-0.25, -0.2) is 0 Å². The minimum absolute atomic E-state index is 0.768. The molecular formula is C11H25N. The molecule has 2 N–H and O–H groups in total. The highest BCUT2D eigenvalue weighted by molar-refractivity contribution is 4.66. The fourth-order valence-corrected chi connectivity index (χ4v) is 1.79. The van der Waals surface area contributed by atoms with Crippen molar-refractivity contribution in [3.05, 3.63) is 0 Å². The Morgan fingerprint density at radius 3 is 2.17 bits per heavy atom. The van der Waals surface area contributed by atoms with Crippen molar-refractivity contribution in [1.82, 2.24) is 0 Å². The topological polar surface area (TPSA) is 26.0 Å². The average Bonchev–Trinajstić information content (AvgIpc) is 2.06. The zero-order chi connectivity index (χ0) is 9.40. The zero-order valence-electron chi connectivity index (χ0n) is 8.97. The molecule has 2 unspecified atom stereocenters. The lowest BCUT2D eigenvalue weighted by atomic mass is 9.86. The lowest BCUT2D eigenvalue weighted by Crippen LogP contribution is -2.21. The minimum Gasteiger partial charge on any atom is -0.330 e. The Morgan fingerprint density at radius 1 is 1.08 bits per heavy atom. The van der Waals surface area contributed by atoms with Crippen molar-refractivity contribution in [3.63, 3.8) is 0 Å². The van der Waals surface area contributed by atoms with Gasteiger partial charge < -0.3 is 5.73 Å². The van der Waals surface area contributed by atoms with Crippen LogP contribution in [0.4, 0.5) is 0 Å². The molecule has 0 bridgehead atoms. The van der Waals surface area contributed by atoms with Crippen molar-refractivity contribution in [2.75, 3.05) is 6.54 Å². The molecule has 0 fully saturated rings. The summed E-state index contributed by atoms with van der Waals surface area (Å²) in [5.41, 5.74) is 5.74. The molecule has 0 aliphatic carbocycles. The van der Waals surface area contributed by atoms with Crippen molar-refractivity contribution in [2.45, 2.75) is 52.9 Å². The summed E-state index contributed by atoms with van der Waals surface area (Å²) in [6.45, 7) is 7.72. The number of nitrogens with two attached hydrogens (primary N) is 1. The van der Waals surface area contributed by atoms with Gasteiger partial charge in [-0.3, -0.25) is 0 Å². The van der Waals surface area contributed by atoms with Crippen molar-refractivity contribution < 1.29 is 0 Å². The first kappa shape index (κ1) is 12.0. The van der Waals surface area contributed by atoms with Crippen LogP contribution in [0.1, 0.15) is 52.9 Å². The average molecular weight is 171 g/mol. The summed E-state index contributed by atoms with van der Waals surface area (Å²) < 4.78 is 0. The standard InChI is InChI=1S/C11H25N/c1-4-6-8-11(9-12)10(3)7-5-2/h10-11H,4-9,12H2,1-3H3. The Bertz CT molecular complexity index is 91.0. The minimum atomic E-state index is 0.768. The lowest BCUT2D eigenvalue weighted by Gasteiger charge is -2.21. The maximum Gasteiger partial charge on any atom is -0.00463 e. The van der Waals surface area contributed by atoms with Crippen LogP contribution in [0, 0.1) is 11.8 Å². The van der Waals surface area contributed by atoms with E-state index >= 15 is 0 Å². The fourth-order valence-electron chi connectivity index (χ4n) is 1.79. The second kappa shape index (κ2) is 7.60. The first-order chi connectivity index (χ1) is 5.76. The van der Waals surface area contributed by atoms with Crippen LogP contribution in [-0.4, -0.2) is 6.54 Å². The second-order valence-corrected chi connectivity index (χ2v) is 3.90. The molecule has 0 amide bonds. The summed E-state index contributed by atoms with van der Waals surface area (Å²) in [7, 11) is 0. The summed E-state index contributed by atoms with van der Waals surface area (Å²) in [6, 6.07) is 0. The molecule has 0 aromatic rings. The monoisotopic (exact) mass is 171 g/mol. The summed E-state index contributed by atoms with van der Waals surface area (Å²) in [5, 5.41) is 0.